The molecule has 0 saturated carbocycles. The fourth-order valence-corrected chi connectivity index (χ4v) is 2.10. The van der Waals surface area contributed by atoms with E-state index in [-0.39, 0.29) is 5.69 Å². The smallest absolute Gasteiger partial charge is 0.354 e. The van der Waals surface area contributed by atoms with Crippen molar-refractivity contribution >= 4 is 5.97 Å². The molecule has 22 heavy (non-hydrogen) atoms. The quantitative estimate of drug-likeness (QED) is 0.800. The van der Waals surface area contributed by atoms with Gasteiger partial charge in [0.15, 0.2) is 5.69 Å². The van der Waals surface area contributed by atoms with Gasteiger partial charge in [-0.05, 0) is 36.4 Å². The Labute approximate surface area is 125 Å². The van der Waals surface area contributed by atoms with Gasteiger partial charge >= 0.3 is 5.97 Å². The summed E-state index contributed by atoms with van der Waals surface area (Å²) in [6.45, 7) is 0. The van der Waals surface area contributed by atoms with Crippen LogP contribution in [0.2, 0.25) is 0 Å². The zero-order valence-corrected chi connectivity index (χ0v) is 11.3. The first-order valence-electron chi connectivity index (χ1n) is 6.43. The van der Waals surface area contributed by atoms with Crippen LogP contribution in [0, 0.1) is 11.3 Å². The molecule has 0 saturated heterocycles. The Balaban J connectivity index is 2.16. The van der Waals surface area contributed by atoms with Crippen molar-refractivity contribution in [2.75, 3.05) is 0 Å². The summed E-state index contributed by atoms with van der Waals surface area (Å²) in [5.74, 6) is -1.09. The van der Waals surface area contributed by atoms with Crippen LogP contribution in [0.15, 0.2) is 54.9 Å². The van der Waals surface area contributed by atoms with Crippen molar-refractivity contribution in [1.82, 2.24) is 14.8 Å². The SMILES string of the molecule is N#Cc1cccc(-n2nc(-c3ccncc3)cc2C(=O)O)c1. The largest absolute Gasteiger partial charge is 0.477 e. The number of hydrogen-bond donors (Lipinski definition) is 1. The van der Waals surface area contributed by atoms with Gasteiger partial charge in [-0.3, -0.25) is 4.98 Å². The van der Waals surface area contributed by atoms with Crippen molar-refractivity contribution in [3.05, 3.63) is 66.1 Å². The van der Waals surface area contributed by atoms with Crippen LogP contribution in [0.25, 0.3) is 16.9 Å². The van der Waals surface area contributed by atoms with E-state index >= 15 is 0 Å². The monoisotopic (exact) mass is 290 g/mol. The zero-order chi connectivity index (χ0) is 15.5. The van der Waals surface area contributed by atoms with Gasteiger partial charge in [0.25, 0.3) is 0 Å². The summed E-state index contributed by atoms with van der Waals surface area (Å²) in [5.41, 5.74) is 2.29. The minimum Gasteiger partial charge on any atom is -0.477 e. The molecule has 0 spiro atoms. The van der Waals surface area contributed by atoms with E-state index < -0.39 is 5.97 Å². The van der Waals surface area contributed by atoms with E-state index in [4.69, 9.17) is 5.26 Å². The molecule has 1 N–H and O–H groups in total. The van der Waals surface area contributed by atoms with Crippen LogP contribution < -0.4 is 0 Å². The highest BCUT2D eigenvalue weighted by atomic mass is 16.4. The molecule has 6 nitrogen and oxygen atoms in total. The number of aromatic nitrogens is 3. The van der Waals surface area contributed by atoms with Crippen molar-refractivity contribution in [2.24, 2.45) is 0 Å². The number of nitrogens with zero attached hydrogens (tertiary/aromatic N) is 4. The van der Waals surface area contributed by atoms with Crippen LogP contribution in [0.1, 0.15) is 16.1 Å². The number of pyridine rings is 1. The molecule has 0 bridgehead atoms. The Morgan fingerprint density at radius 1 is 1.18 bits per heavy atom. The number of rotatable bonds is 3. The molecule has 106 valence electrons. The highest BCUT2D eigenvalue weighted by molar-refractivity contribution is 5.88. The average molecular weight is 290 g/mol. The molecule has 0 aliphatic heterocycles. The predicted octanol–water partition coefficient (Wildman–Crippen LogP) is 2.50. The second-order valence-electron chi connectivity index (χ2n) is 4.53. The second-order valence-corrected chi connectivity index (χ2v) is 4.53. The fraction of sp³-hybridized carbons (Fsp3) is 0. The first kappa shape index (κ1) is 13.5. The van der Waals surface area contributed by atoms with E-state index in [1.807, 2.05) is 6.07 Å². The molecule has 3 aromatic rings. The molecule has 0 unspecified atom stereocenters. The van der Waals surface area contributed by atoms with Gasteiger partial charge in [0.05, 0.1) is 23.0 Å². The van der Waals surface area contributed by atoms with E-state index in [1.165, 1.54) is 10.7 Å². The van der Waals surface area contributed by atoms with Gasteiger partial charge in [0.1, 0.15) is 0 Å². The number of carboxylic acid groups (broad SMARTS) is 1. The molecule has 6 heteroatoms. The van der Waals surface area contributed by atoms with Crippen molar-refractivity contribution in [3.8, 4) is 23.0 Å². The van der Waals surface area contributed by atoms with Crippen molar-refractivity contribution in [1.29, 1.82) is 5.26 Å². The van der Waals surface area contributed by atoms with Crippen LogP contribution in [-0.2, 0) is 0 Å². The van der Waals surface area contributed by atoms with E-state index in [2.05, 4.69) is 10.1 Å². The van der Waals surface area contributed by atoms with Crippen molar-refractivity contribution in [3.63, 3.8) is 0 Å². The minimum atomic E-state index is -1.09. The Kier molecular flexibility index (Phi) is 3.38. The molecule has 2 aromatic heterocycles. The summed E-state index contributed by atoms with van der Waals surface area (Å²) in [7, 11) is 0. The Morgan fingerprint density at radius 3 is 2.64 bits per heavy atom. The third kappa shape index (κ3) is 2.43. The molecular formula is C16H10N4O2. The zero-order valence-electron chi connectivity index (χ0n) is 11.3. The lowest BCUT2D eigenvalue weighted by Crippen LogP contribution is -2.07. The number of hydrogen-bond acceptors (Lipinski definition) is 4. The van der Waals surface area contributed by atoms with Crippen molar-refractivity contribution < 1.29 is 9.90 Å². The maximum absolute atomic E-state index is 11.5. The third-order valence-corrected chi connectivity index (χ3v) is 3.12. The maximum Gasteiger partial charge on any atom is 0.354 e. The van der Waals surface area contributed by atoms with Gasteiger partial charge < -0.3 is 5.11 Å². The summed E-state index contributed by atoms with van der Waals surface area (Å²) < 4.78 is 1.32. The lowest BCUT2D eigenvalue weighted by molar-refractivity contribution is 0.0687. The predicted molar refractivity (Wildman–Crippen MR) is 78.5 cm³/mol. The summed E-state index contributed by atoms with van der Waals surface area (Å²) in [6, 6.07) is 13.7. The molecule has 0 atom stereocenters. The molecule has 3 rings (SSSR count). The maximum atomic E-state index is 11.5. The molecule has 0 aliphatic carbocycles. The Hall–Kier alpha value is -3.46. The number of aromatic carboxylic acids is 1. The van der Waals surface area contributed by atoms with Gasteiger partial charge in [-0.1, -0.05) is 6.07 Å². The third-order valence-electron chi connectivity index (χ3n) is 3.12. The van der Waals surface area contributed by atoms with Gasteiger partial charge in [-0.15, -0.1) is 0 Å². The molecule has 0 fully saturated rings. The summed E-state index contributed by atoms with van der Waals surface area (Å²) in [4.78, 5) is 15.4. The number of nitriles is 1. The van der Waals surface area contributed by atoms with E-state index in [9.17, 15) is 9.90 Å². The fourth-order valence-electron chi connectivity index (χ4n) is 2.10. The van der Waals surface area contributed by atoms with Gasteiger partial charge in [-0.2, -0.15) is 10.4 Å². The van der Waals surface area contributed by atoms with Crippen LogP contribution in [0.5, 0.6) is 0 Å². The standard InChI is InChI=1S/C16H10N4O2/c17-10-11-2-1-3-13(8-11)20-15(16(21)22)9-14(19-20)12-4-6-18-7-5-12/h1-9H,(H,21,22). The first-order chi connectivity index (χ1) is 10.7. The summed E-state index contributed by atoms with van der Waals surface area (Å²) in [5, 5.41) is 22.7. The van der Waals surface area contributed by atoms with Gasteiger partial charge in [0, 0.05) is 18.0 Å². The van der Waals surface area contributed by atoms with E-state index in [0.717, 1.165) is 5.56 Å². The lowest BCUT2D eigenvalue weighted by Gasteiger charge is -2.04. The lowest BCUT2D eigenvalue weighted by atomic mass is 10.2. The average Bonchev–Trinajstić information content (AvgIpc) is 3.01. The second kappa shape index (κ2) is 5.50. The highest BCUT2D eigenvalue weighted by Gasteiger charge is 2.16. The number of benzene rings is 1. The minimum absolute atomic E-state index is 0.0295. The normalized spacial score (nSPS) is 10.1. The van der Waals surface area contributed by atoms with Crippen LogP contribution in [-0.4, -0.2) is 25.8 Å². The molecule has 0 radical (unpaired) electrons. The molecule has 0 aliphatic rings. The van der Waals surface area contributed by atoms with Gasteiger partial charge in [0.2, 0.25) is 0 Å². The number of carbonyl (C=O) groups is 1. The summed E-state index contributed by atoms with van der Waals surface area (Å²) in [6.07, 6.45) is 3.23. The van der Waals surface area contributed by atoms with Crippen molar-refractivity contribution in [2.45, 2.75) is 0 Å². The van der Waals surface area contributed by atoms with Crippen LogP contribution in [0.3, 0.4) is 0 Å². The van der Waals surface area contributed by atoms with Crippen LogP contribution in [0.4, 0.5) is 0 Å². The highest BCUT2D eigenvalue weighted by Crippen LogP contribution is 2.21. The molecule has 0 amide bonds. The van der Waals surface area contributed by atoms with Gasteiger partial charge in [-0.25, -0.2) is 9.48 Å². The van der Waals surface area contributed by atoms with Crippen LogP contribution >= 0.6 is 0 Å². The summed E-state index contributed by atoms with van der Waals surface area (Å²) >= 11 is 0. The number of carboxylic acids is 1. The Morgan fingerprint density at radius 2 is 1.95 bits per heavy atom. The molecule has 1 aromatic carbocycles. The molecule has 2 heterocycles. The first-order valence-corrected chi connectivity index (χ1v) is 6.43. The Bertz CT molecular complexity index is 879. The topological polar surface area (TPSA) is 91.8 Å². The molecular weight excluding hydrogens is 280 g/mol. The van der Waals surface area contributed by atoms with E-state index in [0.29, 0.717) is 16.9 Å². The van der Waals surface area contributed by atoms with E-state index in [1.54, 1.807) is 48.8 Å².